The van der Waals surface area contributed by atoms with Crippen molar-refractivity contribution < 1.29 is 36.5 Å². The number of benzene rings is 3. The molecule has 13 heteroatoms. The Morgan fingerprint density at radius 2 is 1.74 bits per heavy atom. The maximum Gasteiger partial charge on any atom is 0.243 e. The molecule has 0 aliphatic carbocycles. The van der Waals surface area contributed by atoms with Crippen molar-refractivity contribution >= 4 is 30.8 Å². The highest BCUT2D eigenvalue weighted by molar-refractivity contribution is 7.89. The molecule has 3 atom stereocenters. The van der Waals surface area contributed by atoms with Crippen LogP contribution in [0.25, 0.3) is 10.8 Å². The third kappa shape index (κ3) is 7.55. The number of ether oxygens (including phenoxy) is 2. The van der Waals surface area contributed by atoms with Crippen LogP contribution in [-0.2, 0) is 24.8 Å². The molecular formula is C30H39N3O8S2. The molecule has 0 aromatic heterocycles. The number of hydrogen-bond donors (Lipinski definition) is 4. The van der Waals surface area contributed by atoms with Crippen LogP contribution in [-0.4, -0.2) is 94.6 Å². The third-order valence-corrected chi connectivity index (χ3v) is 11.5. The molecule has 234 valence electrons. The van der Waals surface area contributed by atoms with Crippen molar-refractivity contribution in [3.05, 3.63) is 66.7 Å². The van der Waals surface area contributed by atoms with Gasteiger partial charge in [0.15, 0.2) is 0 Å². The lowest BCUT2D eigenvalue weighted by Gasteiger charge is -2.38. The summed E-state index contributed by atoms with van der Waals surface area (Å²) in [5.41, 5.74) is -0.401. The number of fused-ring (bicyclic) bond motifs is 1. The van der Waals surface area contributed by atoms with Gasteiger partial charge in [-0.05, 0) is 61.2 Å². The minimum atomic E-state index is -3.82. The first-order valence-electron chi connectivity index (χ1n) is 14.4. The SMILES string of the molecule is CC(CO)NS(=O)(=O)c1cccc(OCC(O)CNC2COC3(CCN(S(=O)(=O)c4ccc5ccccc5c4)CC3)C2)c1. The molecule has 3 aromatic carbocycles. The predicted molar refractivity (Wildman–Crippen MR) is 162 cm³/mol. The van der Waals surface area contributed by atoms with Gasteiger partial charge in [-0.15, -0.1) is 0 Å². The largest absolute Gasteiger partial charge is 0.491 e. The number of piperidine rings is 1. The Morgan fingerprint density at radius 3 is 2.49 bits per heavy atom. The first-order valence-corrected chi connectivity index (χ1v) is 17.3. The Bertz CT molecular complexity index is 1630. The quantitative estimate of drug-likeness (QED) is 0.234. The van der Waals surface area contributed by atoms with E-state index in [1.165, 1.54) is 16.4 Å². The molecule has 2 fully saturated rings. The van der Waals surface area contributed by atoms with Gasteiger partial charge >= 0.3 is 0 Å². The summed E-state index contributed by atoms with van der Waals surface area (Å²) in [6.07, 6.45) is 1.05. The van der Waals surface area contributed by atoms with Gasteiger partial charge in [-0.25, -0.2) is 21.6 Å². The number of hydrogen-bond acceptors (Lipinski definition) is 9. The van der Waals surface area contributed by atoms with E-state index in [4.69, 9.17) is 14.6 Å². The first kappa shape index (κ1) is 31.8. The van der Waals surface area contributed by atoms with Crippen LogP contribution in [0.5, 0.6) is 5.75 Å². The van der Waals surface area contributed by atoms with Crippen LogP contribution < -0.4 is 14.8 Å². The predicted octanol–water partition coefficient (Wildman–Crippen LogP) is 1.84. The second-order valence-electron chi connectivity index (χ2n) is 11.4. The zero-order valence-electron chi connectivity index (χ0n) is 24.1. The minimum Gasteiger partial charge on any atom is -0.491 e. The Kier molecular flexibility index (Phi) is 9.73. The molecule has 1 spiro atoms. The molecule has 0 saturated carbocycles. The third-order valence-electron chi connectivity index (χ3n) is 8.03. The summed E-state index contributed by atoms with van der Waals surface area (Å²) in [7, 11) is -7.43. The molecule has 2 saturated heterocycles. The molecule has 3 unspecified atom stereocenters. The second-order valence-corrected chi connectivity index (χ2v) is 15.0. The van der Waals surface area contributed by atoms with Gasteiger partial charge in [-0.3, -0.25) is 0 Å². The van der Waals surface area contributed by atoms with Crippen LogP contribution in [0.1, 0.15) is 26.2 Å². The number of sulfonamides is 2. The van der Waals surface area contributed by atoms with Crippen LogP contribution in [0.2, 0.25) is 0 Å². The highest BCUT2D eigenvalue weighted by Gasteiger charge is 2.44. The van der Waals surface area contributed by atoms with Crippen LogP contribution in [0.3, 0.4) is 0 Å². The average molecular weight is 634 g/mol. The smallest absolute Gasteiger partial charge is 0.243 e. The Hall–Kier alpha value is -2.62. The molecule has 2 aliphatic heterocycles. The van der Waals surface area contributed by atoms with E-state index in [0.29, 0.717) is 49.6 Å². The van der Waals surface area contributed by atoms with E-state index in [2.05, 4.69) is 10.0 Å². The van der Waals surface area contributed by atoms with Gasteiger partial charge in [0.2, 0.25) is 20.0 Å². The van der Waals surface area contributed by atoms with E-state index < -0.39 is 37.8 Å². The fourth-order valence-corrected chi connectivity index (χ4v) is 8.34. The zero-order valence-corrected chi connectivity index (χ0v) is 25.7. The van der Waals surface area contributed by atoms with Gasteiger partial charge in [0, 0.05) is 37.8 Å². The number of nitrogens with one attached hydrogen (secondary N) is 2. The summed E-state index contributed by atoms with van der Waals surface area (Å²) in [6, 6.07) is 18.2. The van der Waals surface area contributed by atoms with Crippen LogP contribution >= 0.6 is 0 Å². The van der Waals surface area contributed by atoms with Crippen molar-refractivity contribution in [2.24, 2.45) is 0 Å². The lowest BCUT2D eigenvalue weighted by atomic mass is 9.88. The Balaban J connectivity index is 1.08. The van der Waals surface area contributed by atoms with Gasteiger partial charge < -0.3 is 25.0 Å². The minimum absolute atomic E-state index is 0.00225. The maximum absolute atomic E-state index is 13.4. The highest BCUT2D eigenvalue weighted by atomic mass is 32.2. The molecule has 43 heavy (non-hydrogen) atoms. The van der Waals surface area contributed by atoms with E-state index in [0.717, 1.165) is 10.8 Å². The van der Waals surface area contributed by atoms with Crippen molar-refractivity contribution in [1.29, 1.82) is 0 Å². The molecular weight excluding hydrogens is 594 g/mol. The molecule has 0 amide bonds. The van der Waals surface area contributed by atoms with E-state index >= 15 is 0 Å². The standard InChI is InChI=1S/C30H39N3O8S2/c1-22(19-34)32-42(36,37)28-8-4-7-27(16-28)40-21-26(35)18-31-25-17-30(41-20-25)11-13-33(14-12-30)43(38,39)29-10-9-23-5-2-3-6-24(23)15-29/h2-10,15-16,22,25-26,31-32,34-35H,11-14,17-21H2,1H3. The normalized spacial score (nSPS) is 20.8. The number of rotatable bonds is 12. The summed E-state index contributed by atoms with van der Waals surface area (Å²) < 4.78 is 67.4. The van der Waals surface area contributed by atoms with Crippen molar-refractivity contribution in [1.82, 2.24) is 14.3 Å². The molecule has 5 rings (SSSR count). The summed E-state index contributed by atoms with van der Waals surface area (Å²) in [5, 5.41) is 24.8. The molecule has 0 radical (unpaired) electrons. The van der Waals surface area contributed by atoms with E-state index in [-0.39, 0.29) is 30.7 Å². The molecule has 11 nitrogen and oxygen atoms in total. The second kappa shape index (κ2) is 13.2. The molecule has 0 bridgehead atoms. The lowest BCUT2D eigenvalue weighted by molar-refractivity contribution is -0.0312. The Morgan fingerprint density at radius 1 is 1.00 bits per heavy atom. The van der Waals surface area contributed by atoms with E-state index in [1.807, 2.05) is 30.3 Å². The van der Waals surface area contributed by atoms with Crippen molar-refractivity contribution in [2.45, 2.75) is 59.8 Å². The van der Waals surface area contributed by atoms with E-state index in [1.54, 1.807) is 31.2 Å². The maximum atomic E-state index is 13.4. The summed E-state index contributed by atoms with van der Waals surface area (Å²) in [4.78, 5) is 0.300. The van der Waals surface area contributed by atoms with Gasteiger partial charge in [0.25, 0.3) is 0 Å². The fourth-order valence-electron chi connectivity index (χ4n) is 5.59. The average Bonchev–Trinajstić information content (AvgIpc) is 3.40. The van der Waals surface area contributed by atoms with Crippen molar-refractivity contribution in [3.8, 4) is 5.75 Å². The molecule has 4 N–H and O–H groups in total. The van der Waals surface area contributed by atoms with Gasteiger partial charge in [0.1, 0.15) is 18.5 Å². The van der Waals surface area contributed by atoms with Crippen molar-refractivity contribution in [3.63, 3.8) is 0 Å². The van der Waals surface area contributed by atoms with Gasteiger partial charge in [-0.1, -0.05) is 36.4 Å². The molecule has 2 aliphatic rings. The van der Waals surface area contributed by atoms with Gasteiger partial charge in [0.05, 0.1) is 28.6 Å². The lowest BCUT2D eigenvalue weighted by Crippen LogP contribution is -2.47. The molecule has 3 aromatic rings. The fraction of sp³-hybridized carbons (Fsp3) is 0.467. The number of aliphatic hydroxyl groups excluding tert-OH is 2. The monoisotopic (exact) mass is 633 g/mol. The van der Waals surface area contributed by atoms with Crippen molar-refractivity contribution in [2.75, 3.05) is 39.5 Å². The summed E-state index contributed by atoms with van der Waals surface area (Å²) in [6.45, 7) is 2.65. The topological polar surface area (TPSA) is 154 Å². The summed E-state index contributed by atoms with van der Waals surface area (Å²) in [5.74, 6) is 0.298. The van der Waals surface area contributed by atoms with Crippen LogP contribution in [0.4, 0.5) is 0 Å². The number of aliphatic hydroxyl groups is 2. The summed E-state index contributed by atoms with van der Waals surface area (Å²) >= 11 is 0. The first-order chi connectivity index (χ1) is 20.5. The van der Waals surface area contributed by atoms with E-state index in [9.17, 15) is 21.9 Å². The zero-order chi connectivity index (χ0) is 30.7. The Labute approximate surface area is 252 Å². The van der Waals surface area contributed by atoms with Gasteiger partial charge in [-0.2, -0.15) is 4.31 Å². The van der Waals surface area contributed by atoms with Crippen LogP contribution in [0.15, 0.2) is 76.5 Å². The highest BCUT2D eigenvalue weighted by Crippen LogP contribution is 2.37. The molecule has 2 heterocycles. The van der Waals surface area contributed by atoms with Crippen LogP contribution in [0, 0.1) is 0 Å². The number of nitrogens with zero attached hydrogens (tertiary/aromatic N) is 1.